The fourth-order valence-electron chi connectivity index (χ4n) is 13.4. The fraction of sp³-hybridized carbons (Fsp3) is 0.351. The number of amides is 3. The van der Waals surface area contributed by atoms with Crippen LogP contribution >= 0.6 is 92.8 Å². The van der Waals surface area contributed by atoms with E-state index in [2.05, 4.69) is 0 Å². The van der Waals surface area contributed by atoms with Crippen LogP contribution in [0.25, 0.3) is 32.7 Å². The maximum Gasteiger partial charge on any atom is 0.416 e. The van der Waals surface area contributed by atoms with E-state index in [4.69, 9.17) is 92.8 Å². The Labute approximate surface area is 613 Å². The number of likely N-dealkylation sites (tertiary alicyclic amines) is 3. The normalized spacial score (nSPS) is 15.1. The molecule has 0 bridgehead atoms. The lowest BCUT2D eigenvalue weighted by atomic mass is 9.91. The lowest BCUT2D eigenvalue weighted by Crippen LogP contribution is -2.39. The van der Waals surface area contributed by atoms with Crippen LogP contribution in [0.2, 0.25) is 40.2 Å². The number of hydrogen-bond acceptors (Lipinski definition) is 6. The zero-order valence-corrected chi connectivity index (χ0v) is 60.5. The van der Waals surface area contributed by atoms with Crippen molar-refractivity contribution in [3.63, 3.8) is 0 Å². The number of carbonyl (C=O) groups is 6. The zero-order chi connectivity index (χ0) is 72.2. The summed E-state index contributed by atoms with van der Waals surface area (Å²) in [5.74, 6) is 0.901. The number of rotatable bonds is 15. The van der Waals surface area contributed by atoms with Crippen molar-refractivity contribution in [3.05, 3.63) is 206 Å². The number of halogens is 14. The van der Waals surface area contributed by atoms with Crippen LogP contribution in [0.4, 0.5) is 26.3 Å². The Kier molecular flexibility index (Phi) is 24.5. The van der Waals surface area contributed by atoms with E-state index in [0.29, 0.717) is 151 Å². The molecule has 9 aromatic rings. The number of benzene rings is 6. The number of piperidine rings is 3. The molecule has 3 fully saturated rings. The zero-order valence-electron chi connectivity index (χ0n) is 54.4. The first-order chi connectivity index (χ1) is 47.3. The summed E-state index contributed by atoms with van der Waals surface area (Å²) in [7, 11) is 0. The van der Waals surface area contributed by atoms with Gasteiger partial charge in [-0.05, 0) is 168 Å². The summed E-state index contributed by atoms with van der Waals surface area (Å²) in [5.41, 5.74) is 3.15. The van der Waals surface area contributed by atoms with E-state index in [9.17, 15) is 55.1 Å². The lowest BCUT2D eigenvalue weighted by Gasteiger charge is -2.32. The highest BCUT2D eigenvalue weighted by Crippen LogP contribution is 2.40. The summed E-state index contributed by atoms with van der Waals surface area (Å²) in [6.45, 7) is 8.92. The van der Waals surface area contributed by atoms with E-state index >= 15 is 0 Å². The summed E-state index contributed by atoms with van der Waals surface area (Å²) in [5, 5.41) is 4.42. The molecular formula is C74H68Cl8F6N6O6. The third kappa shape index (κ3) is 17.8. The lowest BCUT2D eigenvalue weighted by molar-refractivity contribution is -0.138. The third-order valence-electron chi connectivity index (χ3n) is 18.6. The highest BCUT2D eigenvalue weighted by molar-refractivity contribution is 6.40. The van der Waals surface area contributed by atoms with Gasteiger partial charge in [-0.15, -0.1) is 0 Å². The molecular weight excluding hydrogens is 1470 g/mol. The van der Waals surface area contributed by atoms with E-state index in [1.165, 1.54) is 6.07 Å². The average Bonchev–Trinajstić information content (AvgIpc) is 1.36. The van der Waals surface area contributed by atoms with Gasteiger partial charge in [-0.3, -0.25) is 14.4 Å². The molecule has 528 valence electrons. The van der Waals surface area contributed by atoms with Crippen LogP contribution in [0.15, 0.2) is 122 Å². The number of aromatic nitrogens is 3. The van der Waals surface area contributed by atoms with Crippen LogP contribution in [0.3, 0.4) is 0 Å². The molecule has 0 aliphatic carbocycles. The molecule has 3 aliphatic heterocycles. The molecule has 12 nitrogen and oxygen atoms in total. The van der Waals surface area contributed by atoms with Gasteiger partial charge >= 0.3 is 12.4 Å². The summed E-state index contributed by atoms with van der Waals surface area (Å²) in [4.78, 5) is 79.0. The maximum absolute atomic E-state index is 13.2. The molecule has 0 unspecified atom stereocenters. The Hall–Kier alpha value is -6.74. The van der Waals surface area contributed by atoms with Crippen molar-refractivity contribution in [2.24, 2.45) is 17.8 Å². The van der Waals surface area contributed by atoms with Gasteiger partial charge in [0.1, 0.15) is 17.3 Å². The first-order valence-corrected chi connectivity index (χ1v) is 35.4. The van der Waals surface area contributed by atoms with E-state index in [1.54, 1.807) is 101 Å². The molecule has 100 heavy (non-hydrogen) atoms. The minimum atomic E-state index is -4.51. The number of carbonyl (C=O) groups excluding carboxylic acids is 6. The van der Waals surface area contributed by atoms with Crippen LogP contribution in [-0.2, 0) is 46.4 Å². The maximum atomic E-state index is 13.2. The van der Waals surface area contributed by atoms with Crippen LogP contribution in [-0.4, -0.2) is 103 Å². The second-order valence-corrected chi connectivity index (χ2v) is 28.9. The third-order valence-corrected chi connectivity index (χ3v) is 21.6. The molecule has 0 N–H and O–H groups in total. The van der Waals surface area contributed by atoms with E-state index in [-0.39, 0.29) is 75.1 Å². The average molecular weight is 1540 g/mol. The smallest absolute Gasteiger partial charge is 0.343 e. The van der Waals surface area contributed by atoms with Gasteiger partial charge < -0.3 is 42.8 Å². The number of para-hydroxylation sites is 1. The second-order valence-electron chi connectivity index (χ2n) is 25.8. The molecule has 0 saturated carbocycles. The van der Waals surface area contributed by atoms with E-state index < -0.39 is 23.5 Å². The highest BCUT2D eigenvalue weighted by Gasteiger charge is 2.35. The molecule has 0 spiro atoms. The summed E-state index contributed by atoms with van der Waals surface area (Å²) in [6.07, 6.45) is 2.61. The van der Waals surface area contributed by atoms with Gasteiger partial charge in [0.2, 0.25) is 0 Å². The SMILES string of the molecule is CC(=O)CC1CCN(C(=O)c2ccc(Cl)c(Cn3ccc4cc(C(F)(F)F)cc(Cl)c43)c2Cl)CC1.CC(=O)CC1CCN(C(=O)c2ccc(Cl)c(Cn3ccc4cc(C(F)(F)F)ccc43)c2Cl)CC1.CC(=O)CC1CCN(C(=O)c2ccc(Cl)c(Cn3ccc4cccc(Cl)c43)c2Cl)CC1. The van der Waals surface area contributed by atoms with Gasteiger partial charge in [0.15, 0.2) is 0 Å². The van der Waals surface area contributed by atoms with Crippen LogP contribution in [0.1, 0.15) is 137 Å². The van der Waals surface area contributed by atoms with Crippen molar-refractivity contribution in [2.45, 2.75) is 111 Å². The summed E-state index contributed by atoms with van der Waals surface area (Å²) in [6, 6.07) is 26.2. The number of fused-ring (bicyclic) bond motifs is 3. The monoisotopic (exact) mass is 1530 g/mol. The molecule has 6 heterocycles. The van der Waals surface area contributed by atoms with Crippen molar-refractivity contribution in [2.75, 3.05) is 39.3 Å². The molecule has 0 radical (unpaired) electrons. The predicted octanol–water partition coefficient (Wildman–Crippen LogP) is 20.8. The molecule has 3 aromatic heterocycles. The molecule has 12 rings (SSSR count). The molecule has 26 heteroatoms. The number of hydrogen-bond donors (Lipinski definition) is 0. The largest absolute Gasteiger partial charge is 0.416 e. The standard InChI is InChI=1S/C25H22Cl3F3N2O2.C25H23Cl2F3N2O2.C24H23Cl3N2O2/c1-14(34)10-15-4-7-32(8-5-15)24(35)18-2-3-20(26)19(22(18)28)13-33-9-6-16-11-17(25(29,30)31)12-21(27)23(16)33;1-15(33)12-16-6-9-31(10-7-16)24(34)19-3-4-21(26)20(23(19)27)14-32-11-8-17-13-18(25(28,29)30)2-5-22(17)32;1-15(30)13-16-7-10-28(11-8-16)24(31)18-5-6-20(25)19(22(18)27)14-29-12-9-17-3-2-4-21(26)23(17)29/h2-3,6,9,11-12,15H,4-5,7-8,10,13H2,1H3;2-5,8,11,13,16H,6-7,9-10,12,14H2,1H3;2-6,9,12,16H,7-8,10-11,13-14H2,1H3. The number of ketones is 3. The first-order valence-electron chi connectivity index (χ1n) is 32.4. The minimum absolute atomic E-state index is 0.0484. The van der Waals surface area contributed by atoms with Gasteiger partial charge in [0.05, 0.1) is 83.6 Å². The van der Waals surface area contributed by atoms with Crippen molar-refractivity contribution < 1.29 is 55.1 Å². The molecule has 3 aliphatic rings. The van der Waals surface area contributed by atoms with Crippen molar-refractivity contribution >= 4 is 161 Å². The van der Waals surface area contributed by atoms with Crippen molar-refractivity contribution in [1.29, 1.82) is 0 Å². The molecule has 3 amide bonds. The van der Waals surface area contributed by atoms with Gasteiger partial charge in [-0.2, -0.15) is 26.3 Å². The topological polar surface area (TPSA) is 127 Å². The Balaban J connectivity index is 0.000000162. The Morgan fingerprint density at radius 3 is 1.12 bits per heavy atom. The number of nitrogens with zero attached hydrogens (tertiary/aromatic N) is 6. The second kappa shape index (κ2) is 32.3. The van der Waals surface area contributed by atoms with Crippen molar-refractivity contribution in [3.8, 4) is 0 Å². The Morgan fingerprint density at radius 2 is 0.730 bits per heavy atom. The van der Waals surface area contributed by atoms with Gasteiger partial charge in [-0.1, -0.05) is 105 Å². The minimum Gasteiger partial charge on any atom is -0.343 e. The predicted molar refractivity (Wildman–Crippen MR) is 384 cm³/mol. The fourth-order valence-corrected chi connectivity index (χ4v) is 15.8. The number of alkyl halides is 6. The highest BCUT2D eigenvalue weighted by atomic mass is 35.5. The van der Waals surface area contributed by atoms with Crippen molar-refractivity contribution in [1.82, 2.24) is 28.4 Å². The summed E-state index contributed by atoms with van der Waals surface area (Å²) < 4.78 is 84.0. The Morgan fingerprint density at radius 1 is 0.380 bits per heavy atom. The number of Topliss-reactive ketones (excluding diaryl/α,β-unsaturated/α-hetero) is 3. The quantitative estimate of drug-likeness (QED) is 0.0941. The van der Waals surface area contributed by atoms with Crippen LogP contribution in [0, 0.1) is 17.8 Å². The molecule has 3 saturated heterocycles. The van der Waals surface area contributed by atoms with E-state index in [0.717, 1.165) is 73.7 Å². The first kappa shape index (κ1) is 75.9. The van der Waals surface area contributed by atoms with Crippen LogP contribution in [0.5, 0.6) is 0 Å². The van der Waals surface area contributed by atoms with E-state index in [1.807, 2.05) is 39.9 Å². The van der Waals surface area contributed by atoms with Gasteiger partial charge in [-0.25, -0.2) is 0 Å². The molecule has 0 atom stereocenters. The van der Waals surface area contributed by atoms with Crippen LogP contribution < -0.4 is 0 Å². The Bertz CT molecular complexity index is 4600. The van der Waals surface area contributed by atoms with Gasteiger partial charge in [0.25, 0.3) is 17.7 Å². The van der Waals surface area contributed by atoms with Gasteiger partial charge in [0, 0.05) is 131 Å². The molecule has 6 aromatic carbocycles. The summed E-state index contributed by atoms with van der Waals surface area (Å²) >= 11 is 51.9.